The first-order valence-electron chi connectivity index (χ1n) is 9.72. The van der Waals surface area contributed by atoms with Gasteiger partial charge < -0.3 is 10.6 Å². The average Bonchev–Trinajstić information content (AvgIpc) is 3.32. The molecule has 152 valence electrons. The van der Waals surface area contributed by atoms with Crippen LogP contribution < -0.4 is 10.6 Å². The molecule has 0 saturated carbocycles. The maximum Gasteiger partial charge on any atom is 0.265 e. The van der Waals surface area contributed by atoms with Crippen molar-refractivity contribution in [3.8, 4) is 5.69 Å². The predicted molar refractivity (Wildman–Crippen MR) is 122 cm³/mol. The molecule has 0 radical (unpaired) electrons. The van der Waals surface area contributed by atoms with E-state index < -0.39 is 0 Å². The van der Waals surface area contributed by atoms with Crippen LogP contribution in [0.15, 0.2) is 54.6 Å². The summed E-state index contributed by atoms with van der Waals surface area (Å²) in [6, 6.07) is 17.2. The highest BCUT2D eigenvalue weighted by atomic mass is 32.1. The molecule has 6 nitrogen and oxygen atoms in total. The van der Waals surface area contributed by atoms with Crippen molar-refractivity contribution in [1.82, 2.24) is 9.78 Å². The summed E-state index contributed by atoms with van der Waals surface area (Å²) in [5.41, 5.74) is 4.09. The third-order valence-electron chi connectivity index (χ3n) is 4.86. The van der Waals surface area contributed by atoms with Gasteiger partial charge in [-0.25, -0.2) is 4.68 Å². The van der Waals surface area contributed by atoms with Crippen molar-refractivity contribution in [2.75, 3.05) is 10.6 Å². The number of rotatable bonds is 5. The fourth-order valence-corrected chi connectivity index (χ4v) is 4.25. The molecule has 30 heavy (non-hydrogen) atoms. The quantitative estimate of drug-likeness (QED) is 0.461. The van der Waals surface area contributed by atoms with Crippen LogP contribution >= 0.6 is 11.3 Å². The Morgan fingerprint density at radius 3 is 2.53 bits per heavy atom. The van der Waals surface area contributed by atoms with Crippen molar-refractivity contribution in [2.45, 2.75) is 27.2 Å². The van der Waals surface area contributed by atoms with Crippen molar-refractivity contribution in [3.05, 3.63) is 70.7 Å². The highest BCUT2D eigenvalue weighted by molar-refractivity contribution is 7.20. The zero-order valence-electron chi connectivity index (χ0n) is 17.0. The van der Waals surface area contributed by atoms with Crippen LogP contribution in [0.2, 0.25) is 0 Å². The minimum atomic E-state index is -0.183. The summed E-state index contributed by atoms with van der Waals surface area (Å²) in [4.78, 5) is 26.2. The Labute approximate surface area is 178 Å². The van der Waals surface area contributed by atoms with Gasteiger partial charge in [-0.3, -0.25) is 9.59 Å². The van der Waals surface area contributed by atoms with Crippen LogP contribution in [0.4, 0.5) is 11.4 Å². The smallest absolute Gasteiger partial charge is 0.265 e. The Hall–Kier alpha value is -3.45. The number of aryl methyl sites for hydroxylation is 2. The summed E-state index contributed by atoms with van der Waals surface area (Å²) < 4.78 is 1.87. The van der Waals surface area contributed by atoms with Crippen LogP contribution in [0.25, 0.3) is 15.9 Å². The molecule has 0 atom stereocenters. The lowest BCUT2D eigenvalue weighted by Crippen LogP contribution is -2.13. The molecule has 2 aromatic heterocycles. The maximum absolute atomic E-state index is 13.0. The molecule has 0 spiro atoms. The van der Waals surface area contributed by atoms with Crippen LogP contribution in [-0.4, -0.2) is 21.6 Å². The summed E-state index contributed by atoms with van der Waals surface area (Å²) in [6.07, 6.45) is 0.398. The van der Waals surface area contributed by atoms with Crippen LogP contribution in [0, 0.1) is 13.8 Å². The molecule has 2 heterocycles. The standard InChI is InChI=1S/C23H22N4O2S/c1-4-21(28)24-16-11-10-14(2)19(12-16)25-22(29)20-13-18-15(3)26-27(23(18)30-20)17-8-6-5-7-9-17/h5-13H,4H2,1-3H3,(H,24,28)(H,25,29). The van der Waals surface area contributed by atoms with E-state index in [1.54, 1.807) is 13.0 Å². The zero-order valence-corrected chi connectivity index (χ0v) is 17.8. The second-order valence-electron chi connectivity index (χ2n) is 7.05. The summed E-state index contributed by atoms with van der Waals surface area (Å²) in [7, 11) is 0. The SMILES string of the molecule is CCC(=O)Nc1ccc(C)c(NC(=O)c2cc3c(C)nn(-c4ccccc4)c3s2)c1. The Morgan fingerprint density at radius 1 is 1.03 bits per heavy atom. The van der Waals surface area contributed by atoms with Crippen LogP contribution in [0.5, 0.6) is 0 Å². The molecule has 0 unspecified atom stereocenters. The first-order valence-corrected chi connectivity index (χ1v) is 10.5. The monoisotopic (exact) mass is 418 g/mol. The average molecular weight is 419 g/mol. The zero-order chi connectivity index (χ0) is 21.3. The van der Waals surface area contributed by atoms with Gasteiger partial charge in [0.15, 0.2) is 0 Å². The maximum atomic E-state index is 13.0. The van der Waals surface area contributed by atoms with E-state index in [0.717, 1.165) is 27.2 Å². The van der Waals surface area contributed by atoms with Gasteiger partial charge in [-0.05, 0) is 49.7 Å². The van der Waals surface area contributed by atoms with E-state index in [1.165, 1.54) is 11.3 Å². The number of nitrogens with one attached hydrogen (secondary N) is 2. The Balaban J connectivity index is 1.63. The largest absolute Gasteiger partial charge is 0.326 e. The van der Waals surface area contributed by atoms with Crippen LogP contribution in [0.1, 0.15) is 34.3 Å². The van der Waals surface area contributed by atoms with Crippen molar-refractivity contribution < 1.29 is 9.59 Å². The number of amides is 2. The van der Waals surface area contributed by atoms with E-state index in [9.17, 15) is 9.59 Å². The van der Waals surface area contributed by atoms with Gasteiger partial charge in [-0.2, -0.15) is 5.10 Å². The number of nitrogens with zero attached hydrogens (tertiary/aromatic N) is 2. The number of hydrogen-bond acceptors (Lipinski definition) is 4. The number of fused-ring (bicyclic) bond motifs is 1. The molecule has 2 aromatic carbocycles. The second kappa shape index (κ2) is 8.12. The van der Waals surface area contributed by atoms with E-state index >= 15 is 0 Å². The van der Waals surface area contributed by atoms with Gasteiger partial charge in [-0.1, -0.05) is 31.2 Å². The molecule has 7 heteroatoms. The molecule has 0 aliphatic carbocycles. The lowest BCUT2D eigenvalue weighted by Gasteiger charge is -2.11. The number of benzene rings is 2. The molecule has 4 aromatic rings. The molecule has 0 aliphatic rings. The first-order chi connectivity index (χ1) is 14.5. The van der Waals surface area contributed by atoms with Crippen molar-refractivity contribution in [2.24, 2.45) is 0 Å². The molecule has 2 N–H and O–H groups in total. The summed E-state index contributed by atoms with van der Waals surface area (Å²) in [6.45, 7) is 5.66. The second-order valence-corrected chi connectivity index (χ2v) is 8.08. The third-order valence-corrected chi connectivity index (χ3v) is 5.97. The van der Waals surface area contributed by atoms with Gasteiger partial charge in [0.1, 0.15) is 4.83 Å². The predicted octanol–water partition coefficient (Wildman–Crippen LogP) is 5.30. The number of anilines is 2. The van der Waals surface area contributed by atoms with Crippen molar-refractivity contribution >= 4 is 44.7 Å². The third kappa shape index (κ3) is 3.84. The minimum absolute atomic E-state index is 0.0680. The molecule has 0 saturated heterocycles. The first kappa shape index (κ1) is 19.8. The van der Waals surface area contributed by atoms with E-state index in [1.807, 2.05) is 67.1 Å². The van der Waals surface area contributed by atoms with E-state index in [4.69, 9.17) is 0 Å². The van der Waals surface area contributed by atoms with Gasteiger partial charge in [0.25, 0.3) is 5.91 Å². The number of hydrogen-bond donors (Lipinski definition) is 2. The van der Waals surface area contributed by atoms with Crippen molar-refractivity contribution in [1.29, 1.82) is 0 Å². The minimum Gasteiger partial charge on any atom is -0.326 e. The highest BCUT2D eigenvalue weighted by Crippen LogP contribution is 2.31. The number of para-hydroxylation sites is 1. The van der Waals surface area contributed by atoms with Crippen LogP contribution in [0.3, 0.4) is 0 Å². The Morgan fingerprint density at radius 2 is 1.80 bits per heavy atom. The molecular weight excluding hydrogens is 396 g/mol. The topological polar surface area (TPSA) is 76.0 Å². The summed E-state index contributed by atoms with van der Waals surface area (Å²) in [5.74, 6) is -0.251. The summed E-state index contributed by atoms with van der Waals surface area (Å²) >= 11 is 1.41. The highest BCUT2D eigenvalue weighted by Gasteiger charge is 2.18. The van der Waals surface area contributed by atoms with Gasteiger partial charge in [0.2, 0.25) is 5.91 Å². The fraction of sp³-hybridized carbons (Fsp3) is 0.174. The van der Waals surface area contributed by atoms with Gasteiger partial charge >= 0.3 is 0 Å². The normalized spacial score (nSPS) is 10.9. The number of carbonyl (C=O) groups excluding carboxylic acids is 2. The Bertz CT molecular complexity index is 1240. The number of aromatic nitrogens is 2. The van der Waals surface area contributed by atoms with Gasteiger partial charge in [0, 0.05) is 23.2 Å². The lowest BCUT2D eigenvalue weighted by molar-refractivity contribution is -0.115. The van der Waals surface area contributed by atoms with Gasteiger partial charge in [-0.15, -0.1) is 11.3 Å². The molecule has 2 amide bonds. The van der Waals surface area contributed by atoms with E-state index in [0.29, 0.717) is 22.7 Å². The molecule has 0 bridgehead atoms. The Kier molecular flexibility index (Phi) is 5.37. The van der Waals surface area contributed by atoms with Crippen LogP contribution in [-0.2, 0) is 4.79 Å². The van der Waals surface area contributed by atoms with Crippen molar-refractivity contribution in [3.63, 3.8) is 0 Å². The molecule has 0 aliphatic heterocycles. The molecule has 4 rings (SSSR count). The number of carbonyl (C=O) groups is 2. The van der Waals surface area contributed by atoms with Gasteiger partial charge in [0.05, 0.1) is 16.3 Å². The van der Waals surface area contributed by atoms with E-state index in [2.05, 4.69) is 15.7 Å². The fourth-order valence-electron chi connectivity index (χ4n) is 3.17. The molecule has 0 fully saturated rings. The lowest BCUT2D eigenvalue weighted by atomic mass is 10.1. The number of thiophene rings is 1. The summed E-state index contributed by atoms with van der Waals surface area (Å²) in [5, 5.41) is 11.4. The molecular formula is C23H22N4O2S. The van der Waals surface area contributed by atoms with E-state index in [-0.39, 0.29) is 11.8 Å².